The molecular weight excluding hydrogens is 602 g/mol. The summed E-state index contributed by atoms with van der Waals surface area (Å²) < 4.78 is 16.3. The number of halogens is 2. The van der Waals surface area contributed by atoms with E-state index in [9.17, 15) is 9.18 Å². The van der Waals surface area contributed by atoms with Gasteiger partial charge in [0, 0.05) is 14.9 Å². The summed E-state index contributed by atoms with van der Waals surface area (Å²) in [5.41, 5.74) is 6.99. The third-order valence-corrected chi connectivity index (χ3v) is 7.30. The summed E-state index contributed by atoms with van der Waals surface area (Å²) in [6.45, 7) is 6.07. The fraction of sp³-hybridized carbons (Fsp3) is 0.185. The van der Waals surface area contributed by atoms with Crippen LogP contribution in [0, 0.1) is 16.3 Å². The van der Waals surface area contributed by atoms with E-state index in [1.165, 1.54) is 27.5 Å². The standard InChI is InChI=1S/C27H26FIN6OS/c1-17-15-22(29)13-14-24(17)30-16-25-32-34-27(35(25)23-7-5-4-6-8-23)37-19(3)26(36)33-31-18(2)20-9-11-21(28)12-10-20/h4-15,19,30H,16H2,1-3H3,(H,33,36). The molecule has 0 bridgehead atoms. The number of hydrazone groups is 1. The molecule has 1 atom stereocenters. The summed E-state index contributed by atoms with van der Waals surface area (Å²) in [4.78, 5) is 12.8. The Bertz CT molecular complexity index is 1410. The number of amides is 1. The third-order valence-electron chi connectivity index (χ3n) is 5.59. The summed E-state index contributed by atoms with van der Waals surface area (Å²) in [7, 11) is 0. The van der Waals surface area contributed by atoms with Crippen molar-refractivity contribution >= 4 is 51.7 Å². The number of nitrogens with one attached hydrogen (secondary N) is 2. The Morgan fingerprint density at radius 3 is 2.54 bits per heavy atom. The maximum absolute atomic E-state index is 13.2. The Labute approximate surface area is 233 Å². The molecule has 3 aromatic carbocycles. The van der Waals surface area contributed by atoms with Gasteiger partial charge in [-0.3, -0.25) is 9.36 Å². The molecule has 7 nitrogen and oxygen atoms in total. The third kappa shape index (κ3) is 6.95. The highest BCUT2D eigenvalue weighted by molar-refractivity contribution is 14.1. The van der Waals surface area contributed by atoms with Gasteiger partial charge >= 0.3 is 0 Å². The van der Waals surface area contributed by atoms with Crippen molar-refractivity contribution in [1.29, 1.82) is 0 Å². The van der Waals surface area contributed by atoms with Crippen molar-refractivity contribution in [1.82, 2.24) is 20.2 Å². The first-order valence-corrected chi connectivity index (χ1v) is 13.5. The Hall–Kier alpha value is -3.25. The number of hydrogen-bond acceptors (Lipinski definition) is 6. The maximum Gasteiger partial charge on any atom is 0.253 e. The molecule has 10 heteroatoms. The van der Waals surface area contributed by atoms with Crippen molar-refractivity contribution in [3.8, 4) is 5.69 Å². The van der Waals surface area contributed by atoms with Gasteiger partial charge in [0.2, 0.25) is 0 Å². The molecule has 1 heterocycles. The molecule has 0 aliphatic heterocycles. The molecule has 0 spiro atoms. The fourth-order valence-electron chi connectivity index (χ4n) is 3.52. The molecule has 0 saturated carbocycles. The number of aromatic nitrogens is 3. The molecule has 0 aliphatic carbocycles. The molecule has 0 radical (unpaired) electrons. The van der Waals surface area contributed by atoms with Gasteiger partial charge in [-0.05, 0) is 97.0 Å². The molecule has 190 valence electrons. The monoisotopic (exact) mass is 628 g/mol. The molecule has 1 aromatic heterocycles. The average Bonchev–Trinajstić information content (AvgIpc) is 3.29. The van der Waals surface area contributed by atoms with Crippen LogP contribution in [0.25, 0.3) is 5.69 Å². The van der Waals surface area contributed by atoms with Crippen LogP contribution in [0.15, 0.2) is 83.1 Å². The van der Waals surface area contributed by atoms with E-state index in [4.69, 9.17) is 0 Å². The Kier molecular flexibility index (Phi) is 8.93. The minimum absolute atomic E-state index is 0.275. The second kappa shape index (κ2) is 12.3. The van der Waals surface area contributed by atoms with Gasteiger partial charge in [-0.25, -0.2) is 9.82 Å². The molecule has 1 amide bonds. The van der Waals surface area contributed by atoms with Crippen molar-refractivity contribution in [2.45, 2.75) is 37.7 Å². The average molecular weight is 629 g/mol. The number of nitrogens with zero attached hydrogens (tertiary/aromatic N) is 4. The van der Waals surface area contributed by atoms with E-state index in [-0.39, 0.29) is 11.7 Å². The summed E-state index contributed by atoms with van der Waals surface area (Å²) in [5.74, 6) is 0.129. The van der Waals surface area contributed by atoms with Crippen LogP contribution in [0.2, 0.25) is 0 Å². The Morgan fingerprint density at radius 1 is 1.11 bits per heavy atom. The fourth-order valence-corrected chi connectivity index (χ4v) is 5.05. The highest BCUT2D eigenvalue weighted by Crippen LogP contribution is 2.27. The lowest BCUT2D eigenvalue weighted by Crippen LogP contribution is -2.28. The summed E-state index contributed by atoms with van der Waals surface area (Å²) in [6.07, 6.45) is 0. The molecular formula is C27H26FIN6OS. The smallest absolute Gasteiger partial charge is 0.253 e. The quantitative estimate of drug-likeness (QED) is 0.104. The number of hydrogen-bond donors (Lipinski definition) is 2. The lowest BCUT2D eigenvalue weighted by atomic mass is 10.1. The highest BCUT2D eigenvalue weighted by Gasteiger charge is 2.21. The number of benzene rings is 3. The largest absolute Gasteiger partial charge is 0.378 e. The van der Waals surface area contributed by atoms with Gasteiger partial charge in [-0.1, -0.05) is 42.1 Å². The lowest BCUT2D eigenvalue weighted by Gasteiger charge is -2.14. The van der Waals surface area contributed by atoms with E-state index in [1.54, 1.807) is 26.0 Å². The van der Waals surface area contributed by atoms with Crippen molar-refractivity contribution in [2.24, 2.45) is 5.10 Å². The van der Waals surface area contributed by atoms with Crippen LogP contribution < -0.4 is 10.7 Å². The molecule has 37 heavy (non-hydrogen) atoms. The second-order valence-corrected chi connectivity index (χ2v) is 10.9. The normalized spacial score (nSPS) is 12.3. The van der Waals surface area contributed by atoms with E-state index >= 15 is 0 Å². The van der Waals surface area contributed by atoms with Crippen molar-refractivity contribution in [3.05, 3.63) is 99.1 Å². The van der Waals surface area contributed by atoms with Crippen molar-refractivity contribution in [3.63, 3.8) is 0 Å². The van der Waals surface area contributed by atoms with Gasteiger partial charge in [0.05, 0.1) is 17.5 Å². The van der Waals surface area contributed by atoms with Gasteiger partial charge in [0.15, 0.2) is 11.0 Å². The van der Waals surface area contributed by atoms with Gasteiger partial charge in [-0.15, -0.1) is 10.2 Å². The van der Waals surface area contributed by atoms with Gasteiger partial charge < -0.3 is 5.32 Å². The van der Waals surface area contributed by atoms with E-state index in [1.807, 2.05) is 34.9 Å². The topological polar surface area (TPSA) is 84.2 Å². The molecule has 4 aromatic rings. The highest BCUT2D eigenvalue weighted by atomic mass is 127. The summed E-state index contributed by atoms with van der Waals surface area (Å²) in [6, 6.07) is 22.0. The Morgan fingerprint density at radius 2 is 1.84 bits per heavy atom. The van der Waals surface area contributed by atoms with E-state index in [0.29, 0.717) is 17.4 Å². The van der Waals surface area contributed by atoms with E-state index < -0.39 is 5.25 Å². The number of thioether (sulfide) groups is 1. The zero-order valence-corrected chi connectivity index (χ0v) is 23.5. The molecule has 0 fully saturated rings. The number of para-hydroxylation sites is 1. The van der Waals surface area contributed by atoms with Gasteiger partial charge in [-0.2, -0.15) is 5.10 Å². The van der Waals surface area contributed by atoms with Crippen LogP contribution in [0.1, 0.15) is 30.8 Å². The number of anilines is 1. The van der Waals surface area contributed by atoms with Crippen LogP contribution in [0.3, 0.4) is 0 Å². The first-order valence-electron chi connectivity index (χ1n) is 11.6. The first kappa shape index (κ1) is 26.8. The summed E-state index contributed by atoms with van der Waals surface area (Å²) in [5, 5.41) is 16.6. The molecule has 4 rings (SSSR count). The zero-order valence-electron chi connectivity index (χ0n) is 20.6. The first-order chi connectivity index (χ1) is 17.8. The predicted molar refractivity (Wildman–Crippen MR) is 155 cm³/mol. The Balaban J connectivity index is 1.50. The van der Waals surface area contributed by atoms with Crippen LogP contribution >= 0.6 is 34.4 Å². The van der Waals surface area contributed by atoms with Crippen LogP contribution in [0.5, 0.6) is 0 Å². The maximum atomic E-state index is 13.2. The van der Waals surface area contributed by atoms with E-state index in [2.05, 4.69) is 73.8 Å². The van der Waals surface area contributed by atoms with Crippen molar-refractivity contribution < 1.29 is 9.18 Å². The van der Waals surface area contributed by atoms with Crippen LogP contribution in [-0.4, -0.2) is 31.6 Å². The zero-order chi connectivity index (χ0) is 26.4. The summed E-state index contributed by atoms with van der Waals surface area (Å²) >= 11 is 3.60. The minimum Gasteiger partial charge on any atom is -0.378 e. The second-order valence-electron chi connectivity index (χ2n) is 8.32. The molecule has 2 N–H and O–H groups in total. The minimum atomic E-state index is -0.490. The number of rotatable bonds is 9. The predicted octanol–water partition coefficient (Wildman–Crippen LogP) is 5.95. The molecule has 1 unspecified atom stereocenters. The number of carbonyl (C=O) groups excluding carboxylic acids is 1. The van der Waals surface area contributed by atoms with Crippen LogP contribution in [-0.2, 0) is 11.3 Å². The van der Waals surface area contributed by atoms with Crippen LogP contribution in [0.4, 0.5) is 10.1 Å². The van der Waals surface area contributed by atoms with Gasteiger partial charge in [0.25, 0.3) is 5.91 Å². The van der Waals surface area contributed by atoms with E-state index in [0.717, 1.165) is 28.3 Å². The lowest BCUT2D eigenvalue weighted by molar-refractivity contribution is -0.120. The molecule has 0 saturated heterocycles. The number of aryl methyl sites for hydroxylation is 1. The number of carbonyl (C=O) groups is 1. The van der Waals surface area contributed by atoms with Gasteiger partial charge in [0.1, 0.15) is 5.82 Å². The SMILES string of the molecule is CC(=NNC(=O)C(C)Sc1nnc(CNc2ccc(I)cc2C)n1-c1ccccc1)c1ccc(F)cc1. The molecule has 0 aliphatic rings. The van der Waals surface area contributed by atoms with Crippen molar-refractivity contribution in [2.75, 3.05) is 5.32 Å².